The van der Waals surface area contributed by atoms with E-state index >= 15 is 0 Å². The first-order valence-corrected chi connectivity index (χ1v) is 7.51. The highest BCUT2D eigenvalue weighted by atomic mass is 19.1. The molecule has 0 bridgehead atoms. The Hall–Kier alpha value is -1.09. The molecule has 20 heavy (non-hydrogen) atoms. The molecule has 0 aromatic heterocycles. The molecular formula is C17H26FNO. The van der Waals surface area contributed by atoms with Crippen LogP contribution in [0.5, 0.6) is 0 Å². The number of rotatable bonds is 3. The molecule has 1 fully saturated rings. The third-order valence-corrected chi connectivity index (χ3v) is 4.68. The topological polar surface area (TPSA) is 23.5 Å². The molecule has 1 unspecified atom stereocenters. The number of hydrogen-bond donors (Lipinski definition) is 1. The van der Waals surface area contributed by atoms with Crippen molar-refractivity contribution in [2.24, 2.45) is 5.41 Å². The maximum absolute atomic E-state index is 14.2. The molecule has 3 heteroatoms. The molecule has 0 radical (unpaired) electrons. The van der Waals surface area contributed by atoms with E-state index in [4.69, 9.17) is 0 Å². The largest absolute Gasteiger partial charge is 0.389 e. The number of para-hydroxylation sites is 1. The first-order chi connectivity index (χ1) is 9.32. The van der Waals surface area contributed by atoms with E-state index in [0.29, 0.717) is 22.7 Å². The average molecular weight is 279 g/mol. The number of nitrogens with zero attached hydrogens (tertiary/aromatic N) is 1. The first-order valence-electron chi connectivity index (χ1n) is 7.51. The van der Waals surface area contributed by atoms with Crippen LogP contribution in [0.2, 0.25) is 0 Å². The fourth-order valence-electron chi connectivity index (χ4n) is 3.20. The normalized spacial score (nSPS) is 20.7. The summed E-state index contributed by atoms with van der Waals surface area (Å²) in [7, 11) is 1.95. The highest BCUT2D eigenvalue weighted by molar-refractivity contribution is 5.56. The fourth-order valence-corrected chi connectivity index (χ4v) is 3.20. The maximum atomic E-state index is 14.2. The van der Waals surface area contributed by atoms with Crippen LogP contribution in [0, 0.1) is 11.2 Å². The zero-order valence-corrected chi connectivity index (χ0v) is 13.0. The van der Waals surface area contributed by atoms with Crippen molar-refractivity contribution >= 4 is 5.69 Å². The van der Waals surface area contributed by atoms with Crippen LogP contribution in [0.1, 0.15) is 58.1 Å². The van der Waals surface area contributed by atoms with Gasteiger partial charge >= 0.3 is 0 Å². The minimum absolute atomic E-state index is 0.240. The second kappa shape index (κ2) is 5.72. The summed E-state index contributed by atoms with van der Waals surface area (Å²) in [4.78, 5) is 2.03. The Morgan fingerprint density at radius 3 is 2.45 bits per heavy atom. The minimum atomic E-state index is -0.650. The number of anilines is 1. The molecule has 1 aliphatic carbocycles. The van der Waals surface area contributed by atoms with Crippen molar-refractivity contribution in [2.45, 2.75) is 58.6 Å². The number of benzene rings is 1. The predicted molar refractivity (Wildman–Crippen MR) is 81.5 cm³/mol. The molecule has 1 aromatic rings. The van der Waals surface area contributed by atoms with Crippen molar-refractivity contribution in [3.63, 3.8) is 0 Å². The van der Waals surface area contributed by atoms with E-state index in [1.807, 2.05) is 18.0 Å². The number of aliphatic hydroxyl groups is 1. The lowest BCUT2D eigenvalue weighted by atomic mass is 9.75. The summed E-state index contributed by atoms with van der Waals surface area (Å²) in [6.45, 7) is 6.29. The van der Waals surface area contributed by atoms with Gasteiger partial charge in [0.2, 0.25) is 0 Å². The third-order valence-electron chi connectivity index (χ3n) is 4.68. The van der Waals surface area contributed by atoms with Crippen molar-refractivity contribution in [3.8, 4) is 0 Å². The van der Waals surface area contributed by atoms with Crippen LogP contribution < -0.4 is 4.90 Å². The summed E-state index contributed by atoms with van der Waals surface area (Å²) in [6, 6.07) is 5.31. The molecule has 112 valence electrons. The smallest absolute Gasteiger partial charge is 0.146 e. The fraction of sp³-hybridized carbons (Fsp3) is 0.647. The van der Waals surface area contributed by atoms with Gasteiger partial charge in [0.15, 0.2) is 0 Å². The number of aliphatic hydroxyl groups excluding tert-OH is 1. The highest BCUT2D eigenvalue weighted by Crippen LogP contribution is 2.39. The number of hydrogen-bond acceptors (Lipinski definition) is 2. The van der Waals surface area contributed by atoms with Gasteiger partial charge in [0, 0.05) is 18.7 Å². The van der Waals surface area contributed by atoms with Gasteiger partial charge in [0.25, 0.3) is 0 Å². The molecule has 1 saturated carbocycles. The molecule has 0 aliphatic heterocycles. The molecule has 0 heterocycles. The van der Waals surface area contributed by atoms with Crippen molar-refractivity contribution in [1.29, 1.82) is 0 Å². The van der Waals surface area contributed by atoms with Crippen LogP contribution in [-0.2, 0) is 0 Å². The molecule has 1 aliphatic rings. The van der Waals surface area contributed by atoms with Crippen LogP contribution in [0.3, 0.4) is 0 Å². The van der Waals surface area contributed by atoms with E-state index in [1.54, 1.807) is 13.0 Å². The second-order valence-corrected chi connectivity index (χ2v) is 6.86. The summed E-state index contributed by atoms with van der Waals surface area (Å²) in [6.07, 6.45) is 3.85. The van der Waals surface area contributed by atoms with Gasteiger partial charge in [-0.2, -0.15) is 0 Å². The van der Waals surface area contributed by atoms with Crippen LogP contribution in [0.4, 0.5) is 10.1 Å². The maximum Gasteiger partial charge on any atom is 0.146 e. The lowest BCUT2D eigenvalue weighted by molar-refractivity contribution is 0.197. The predicted octanol–water partition coefficient (Wildman–Crippen LogP) is 4.28. The van der Waals surface area contributed by atoms with Gasteiger partial charge in [-0.05, 0) is 44.1 Å². The van der Waals surface area contributed by atoms with Gasteiger partial charge in [-0.25, -0.2) is 4.39 Å². The standard InChI is InChI=1S/C17H26FNO/c1-12(20)14-6-5-7-15(18)16(14)19(4)13-8-10-17(2,3)11-9-13/h5-7,12-13,20H,8-11H2,1-4H3. The van der Waals surface area contributed by atoms with Crippen LogP contribution in [0.15, 0.2) is 18.2 Å². The van der Waals surface area contributed by atoms with Gasteiger partial charge in [0.05, 0.1) is 11.8 Å². The zero-order valence-electron chi connectivity index (χ0n) is 13.0. The minimum Gasteiger partial charge on any atom is -0.389 e. The van der Waals surface area contributed by atoms with Crippen molar-refractivity contribution in [1.82, 2.24) is 0 Å². The lowest BCUT2D eigenvalue weighted by Crippen LogP contribution is -2.38. The Labute approximate surface area is 121 Å². The summed E-state index contributed by atoms with van der Waals surface area (Å²) in [5.41, 5.74) is 1.64. The van der Waals surface area contributed by atoms with Crippen LogP contribution >= 0.6 is 0 Å². The SMILES string of the molecule is CC(O)c1cccc(F)c1N(C)C1CCC(C)(C)CC1. The molecule has 1 N–H and O–H groups in total. The molecule has 0 saturated heterocycles. The van der Waals surface area contributed by atoms with Crippen molar-refractivity contribution < 1.29 is 9.50 Å². The Bertz CT molecular complexity index is 460. The molecule has 0 amide bonds. The lowest BCUT2D eigenvalue weighted by Gasteiger charge is -2.40. The summed E-state index contributed by atoms with van der Waals surface area (Å²) >= 11 is 0. The quantitative estimate of drug-likeness (QED) is 0.892. The van der Waals surface area contributed by atoms with Crippen LogP contribution in [-0.4, -0.2) is 18.2 Å². The van der Waals surface area contributed by atoms with E-state index in [2.05, 4.69) is 13.8 Å². The molecule has 2 rings (SSSR count). The highest BCUT2D eigenvalue weighted by Gasteiger charge is 2.30. The first kappa shape index (κ1) is 15.3. The van der Waals surface area contributed by atoms with Crippen LogP contribution in [0.25, 0.3) is 0 Å². The third kappa shape index (κ3) is 3.14. The van der Waals surface area contributed by atoms with Crippen molar-refractivity contribution in [2.75, 3.05) is 11.9 Å². The Balaban J connectivity index is 2.23. The molecule has 1 atom stereocenters. The van der Waals surface area contributed by atoms with Gasteiger partial charge < -0.3 is 10.0 Å². The number of halogens is 1. The molecule has 2 nitrogen and oxygen atoms in total. The van der Waals surface area contributed by atoms with E-state index in [0.717, 1.165) is 12.8 Å². The monoisotopic (exact) mass is 279 g/mol. The van der Waals surface area contributed by atoms with E-state index in [-0.39, 0.29) is 5.82 Å². The zero-order chi connectivity index (χ0) is 14.9. The summed E-state index contributed by atoms with van der Waals surface area (Å²) in [5, 5.41) is 9.87. The second-order valence-electron chi connectivity index (χ2n) is 6.86. The summed E-state index contributed by atoms with van der Waals surface area (Å²) in [5.74, 6) is -0.240. The van der Waals surface area contributed by atoms with Crippen molar-refractivity contribution in [3.05, 3.63) is 29.6 Å². The van der Waals surface area contributed by atoms with E-state index in [1.165, 1.54) is 18.9 Å². The van der Waals surface area contributed by atoms with E-state index in [9.17, 15) is 9.50 Å². The van der Waals surface area contributed by atoms with Gasteiger partial charge in [0.1, 0.15) is 5.82 Å². The Morgan fingerprint density at radius 2 is 1.90 bits per heavy atom. The Morgan fingerprint density at radius 1 is 1.30 bits per heavy atom. The summed E-state index contributed by atoms with van der Waals surface area (Å²) < 4.78 is 14.2. The van der Waals surface area contributed by atoms with E-state index < -0.39 is 6.10 Å². The van der Waals surface area contributed by atoms with Gasteiger partial charge in [-0.1, -0.05) is 26.0 Å². The average Bonchev–Trinajstić information content (AvgIpc) is 2.37. The molecular weight excluding hydrogens is 253 g/mol. The van der Waals surface area contributed by atoms with Gasteiger partial charge in [-0.3, -0.25) is 0 Å². The molecule has 0 spiro atoms. The van der Waals surface area contributed by atoms with Gasteiger partial charge in [-0.15, -0.1) is 0 Å². The Kier molecular flexibility index (Phi) is 4.38. The molecule has 1 aromatic carbocycles.